The van der Waals surface area contributed by atoms with Crippen LogP contribution in [0.1, 0.15) is 44.2 Å². The van der Waals surface area contributed by atoms with Crippen LogP contribution in [-0.4, -0.2) is 36.0 Å². The highest BCUT2D eigenvalue weighted by Crippen LogP contribution is 2.30. The first-order valence-electron chi connectivity index (χ1n) is 8.02. The van der Waals surface area contributed by atoms with Crippen LogP contribution in [0.15, 0.2) is 18.2 Å². The predicted octanol–water partition coefficient (Wildman–Crippen LogP) is 3.26. The fourth-order valence-electron chi connectivity index (χ4n) is 3.02. The summed E-state index contributed by atoms with van der Waals surface area (Å²) in [7, 11) is 0. The molecule has 1 N–H and O–H groups in total. The standard InChI is InChI=1S/C16H24FN3O2/c1-2-3-4-5-15(19-10-8-18-9-11-19)13-6-7-14(17)16(12-13)20(21)22/h6-7,12,15,18H,2-5,8-11H2,1H3/t15-/m1/s1. The van der Waals surface area contributed by atoms with Crippen molar-refractivity contribution < 1.29 is 9.31 Å². The van der Waals surface area contributed by atoms with Gasteiger partial charge < -0.3 is 5.32 Å². The largest absolute Gasteiger partial charge is 0.314 e. The summed E-state index contributed by atoms with van der Waals surface area (Å²) < 4.78 is 13.6. The number of nitrogens with zero attached hydrogens (tertiary/aromatic N) is 2. The van der Waals surface area contributed by atoms with Gasteiger partial charge in [-0.25, -0.2) is 0 Å². The molecule has 0 spiro atoms. The van der Waals surface area contributed by atoms with Crippen molar-refractivity contribution in [1.82, 2.24) is 10.2 Å². The maximum atomic E-state index is 13.6. The third-order valence-electron chi connectivity index (χ3n) is 4.23. The third kappa shape index (κ3) is 4.24. The zero-order valence-electron chi connectivity index (χ0n) is 13.1. The molecule has 1 heterocycles. The van der Waals surface area contributed by atoms with Crippen LogP contribution in [0.2, 0.25) is 0 Å². The van der Waals surface area contributed by atoms with E-state index >= 15 is 0 Å². The molecule has 1 saturated heterocycles. The van der Waals surface area contributed by atoms with E-state index in [0.29, 0.717) is 0 Å². The average molecular weight is 309 g/mol. The SMILES string of the molecule is CCCCC[C@H](c1ccc(F)c([N+](=O)[O-])c1)N1CCNCC1. The summed E-state index contributed by atoms with van der Waals surface area (Å²) in [5.74, 6) is -0.763. The molecule has 1 aromatic carbocycles. The van der Waals surface area contributed by atoms with Crippen LogP contribution in [0.4, 0.5) is 10.1 Å². The van der Waals surface area contributed by atoms with Crippen LogP contribution >= 0.6 is 0 Å². The monoisotopic (exact) mass is 309 g/mol. The maximum absolute atomic E-state index is 13.6. The Morgan fingerprint density at radius 1 is 1.36 bits per heavy atom. The highest BCUT2D eigenvalue weighted by molar-refractivity contribution is 5.37. The molecule has 1 aromatic rings. The maximum Gasteiger partial charge on any atom is 0.305 e. The van der Waals surface area contributed by atoms with Crippen molar-refractivity contribution in [2.45, 2.75) is 38.6 Å². The lowest BCUT2D eigenvalue weighted by Crippen LogP contribution is -2.45. The van der Waals surface area contributed by atoms with Crippen molar-refractivity contribution in [1.29, 1.82) is 0 Å². The Balaban J connectivity index is 2.22. The molecule has 0 unspecified atom stereocenters. The van der Waals surface area contributed by atoms with Gasteiger partial charge >= 0.3 is 5.69 Å². The second-order valence-electron chi connectivity index (χ2n) is 5.77. The van der Waals surface area contributed by atoms with E-state index in [1.807, 2.05) is 0 Å². The van der Waals surface area contributed by atoms with Gasteiger partial charge in [0.25, 0.3) is 0 Å². The number of nitro benzene ring substituents is 1. The smallest absolute Gasteiger partial charge is 0.305 e. The molecule has 22 heavy (non-hydrogen) atoms. The van der Waals surface area contributed by atoms with Crippen molar-refractivity contribution in [3.8, 4) is 0 Å². The Bertz CT molecular complexity index is 504. The fraction of sp³-hybridized carbons (Fsp3) is 0.625. The Kier molecular flexibility index (Phi) is 6.27. The number of halogens is 1. The first-order valence-corrected chi connectivity index (χ1v) is 8.02. The lowest BCUT2D eigenvalue weighted by Gasteiger charge is -2.35. The van der Waals surface area contributed by atoms with E-state index in [2.05, 4.69) is 17.1 Å². The molecule has 1 aliphatic heterocycles. The quantitative estimate of drug-likeness (QED) is 0.477. The lowest BCUT2D eigenvalue weighted by molar-refractivity contribution is -0.387. The molecule has 1 atom stereocenters. The molecule has 0 radical (unpaired) electrons. The molecule has 1 fully saturated rings. The highest BCUT2D eigenvalue weighted by Gasteiger charge is 2.24. The third-order valence-corrected chi connectivity index (χ3v) is 4.23. The van der Waals surface area contributed by atoms with Gasteiger partial charge in [-0.1, -0.05) is 32.3 Å². The Morgan fingerprint density at radius 2 is 2.09 bits per heavy atom. The van der Waals surface area contributed by atoms with Gasteiger partial charge in [-0.05, 0) is 18.1 Å². The fourth-order valence-corrected chi connectivity index (χ4v) is 3.02. The number of nitrogens with one attached hydrogen (secondary N) is 1. The van der Waals surface area contributed by atoms with Crippen LogP contribution in [0, 0.1) is 15.9 Å². The number of unbranched alkanes of at least 4 members (excludes halogenated alkanes) is 2. The van der Waals surface area contributed by atoms with Gasteiger partial charge in [-0.2, -0.15) is 4.39 Å². The number of benzene rings is 1. The summed E-state index contributed by atoms with van der Waals surface area (Å²) in [5, 5.41) is 14.3. The number of piperazine rings is 1. The molecule has 0 aliphatic carbocycles. The number of hydrogen-bond acceptors (Lipinski definition) is 4. The summed E-state index contributed by atoms with van der Waals surface area (Å²) >= 11 is 0. The Hall–Kier alpha value is -1.53. The van der Waals surface area contributed by atoms with Gasteiger partial charge in [0.15, 0.2) is 0 Å². The minimum Gasteiger partial charge on any atom is -0.314 e. The molecule has 0 aromatic heterocycles. The molecule has 5 nitrogen and oxygen atoms in total. The molecule has 0 bridgehead atoms. The van der Waals surface area contributed by atoms with Crippen LogP contribution in [-0.2, 0) is 0 Å². The van der Waals surface area contributed by atoms with Crippen molar-refractivity contribution in [3.05, 3.63) is 39.7 Å². The van der Waals surface area contributed by atoms with Crippen molar-refractivity contribution in [2.24, 2.45) is 0 Å². The van der Waals surface area contributed by atoms with E-state index in [-0.39, 0.29) is 6.04 Å². The molecule has 6 heteroatoms. The van der Waals surface area contributed by atoms with Crippen molar-refractivity contribution in [3.63, 3.8) is 0 Å². The van der Waals surface area contributed by atoms with Crippen LogP contribution in [0.3, 0.4) is 0 Å². The summed E-state index contributed by atoms with van der Waals surface area (Å²) in [4.78, 5) is 12.7. The zero-order valence-corrected chi connectivity index (χ0v) is 13.1. The topological polar surface area (TPSA) is 58.4 Å². The second kappa shape index (κ2) is 8.19. The molecule has 2 rings (SSSR count). The summed E-state index contributed by atoms with van der Waals surface area (Å²) in [6.07, 6.45) is 4.32. The van der Waals surface area contributed by atoms with Crippen molar-refractivity contribution in [2.75, 3.05) is 26.2 Å². The minimum absolute atomic E-state index is 0.132. The second-order valence-corrected chi connectivity index (χ2v) is 5.77. The zero-order chi connectivity index (χ0) is 15.9. The van der Waals surface area contributed by atoms with Crippen LogP contribution < -0.4 is 5.32 Å². The lowest BCUT2D eigenvalue weighted by atomic mass is 9.97. The van der Waals surface area contributed by atoms with Gasteiger partial charge in [0.1, 0.15) is 0 Å². The summed E-state index contributed by atoms with van der Waals surface area (Å²) in [5.41, 5.74) is 0.430. The highest BCUT2D eigenvalue weighted by atomic mass is 19.1. The molecular formula is C16H24FN3O2. The van der Waals surface area contributed by atoms with Gasteiger partial charge in [-0.3, -0.25) is 15.0 Å². The van der Waals surface area contributed by atoms with E-state index in [0.717, 1.165) is 57.4 Å². The Morgan fingerprint density at radius 3 is 2.73 bits per heavy atom. The van der Waals surface area contributed by atoms with E-state index in [9.17, 15) is 14.5 Å². The molecule has 122 valence electrons. The normalized spacial score (nSPS) is 17.4. The number of rotatable bonds is 7. The first-order chi connectivity index (χ1) is 10.6. The van der Waals surface area contributed by atoms with Crippen LogP contribution in [0.5, 0.6) is 0 Å². The van der Waals surface area contributed by atoms with Gasteiger partial charge in [0, 0.05) is 38.3 Å². The molecule has 0 amide bonds. The summed E-state index contributed by atoms with van der Waals surface area (Å²) in [6.45, 7) is 5.84. The van der Waals surface area contributed by atoms with E-state index in [1.165, 1.54) is 12.1 Å². The number of nitro groups is 1. The van der Waals surface area contributed by atoms with Crippen LogP contribution in [0.25, 0.3) is 0 Å². The van der Waals surface area contributed by atoms with E-state index in [4.69, 9.17) is 0 Å². The van der Waals surface area contributed by atoms with Gasteiger partial charge in [0.05, 0.1) is 4.92 Å². The van der Waals surface area contributed by atoms with E-state index < -0.39 is 16.4 Å². The molecule has 0 saturated carbocycles. The minimum atomic E-state index is -0.763. The summed E-state index contributed by atoms with van der Waals surface area (Å²) in [6, 6.07) is 4.46. The first kappa shape index (κ1) is 16.8. The molecular weight excluding hydrogens is 285 g/mol. The van der Waals surface area contributed by atoms with Gasteiger partial charge in [0.2, 0.25) is 5.82 Å². The Labute approximate surface area is 130 Å². The van der Waals surface area contributed by atoms with Gasteiger partial charge in [-0.15, -0.1) is 0 Å². The number of hydrogen-bond donors (Lipinski definition) is 1. The molecule has 1 aliphatic rings. The van der Waals surface area contributed by atoms with E-state index in [1.54, 1.807) is 6.07 Å². The van der Waals surface area contributed by atoms with Crippen molar-refractivity contribution >= 4 is 5.69 Å². The average Bonchev–Trinajstić information content (AvgIpc) is 2.53. The predicted molar refractivity (Wildman–Crippen MR) is 84.4 cm³/mol.